The topological polar surface area (TPSA) is 84.1 Å². The lowest BCUT2D eigenvalue weighted by molar-refractivity contribution is -0.146. The van der Waals surface area contributed by atoms with Crippen molar-refractivity contribution in [1.29, 1.82) is 0 Å². The first kappa shape index (κ1) is 14.6. The molecule has 20 heavy (non-hydrogen) atoms. The molecule has 0 aromatic carbocycles. The predicted octanol–water partition coefficient (Wildman–Crippen LogP) is 1.57. The number of amides is 1. The number of carbonyl (C=O) groups excluding carboxylic acids is 2. The van der Waals surface area contributed by atoms with Gasteiger partial charge in [0, 0.05) is 11.7 Å². The fraction of sp³-hybridized carbons (Fsp3) is 0.643. The zero-order valence-electron chi connectivity index (χ0n) is 11.9. The van der Waals surface area contributed by atoms with Crippen LogP contribution in [-0.4, -0.2) is 35.2 Å². The van der Waals surface area contributed by atoms with Gasteiger partial charge in [-0.1, -0.05) is 19.3 Å². The van der Waals surface area contributed by atoms with Crippen LogP contribution in [0.5, 0.6) is 0 Å². The largest absolute Gasteiger partial charge is 0.469 e. The Kier molecular flexibility index (Phi) is 4.76. The van der Waals surface area contributed by atoms with Gasteiger partial charge >= 0.3 is 5.97 Å². The molecule has 2 rings (SSSR count). The van der Waals surface area contributed by atoms with Crippen LogP contribution < -0.4 is 5.32 Å². The molecule has 110 valence electrons. The minimum atomic E-state index is -0.251. The molecule has 1 saturated carbocycles. The zero-order valence-corrected chi connectivity index (χ0v) is 11.9. The number of aromatic nitrogens is 2. The molecule has 0 aliphatic heterocycles. The Balaban J connectivity index is 2.09. The van der Waals surface area contributed by atoms with E-state index in [1.165, 1.54) is 13.3 Å². The van der Waals surface area contributed by atoms with Gasteiger partial charge in [-0.25, -0.2) is 0 Å². The van der Waals surface area contributed by atoms with Crippen LogP contribution in [-0.2, 0) is 9.53 Å². The molecule has 0 bridgehead atoms. The summed E-state index contributed by atoms with van der Waals surface area (Å²) in [6.45, 7) is 1.80. The maximum Gasteiger partial charge on any atom is 0.310 e. The second-order valence-electron chi connectivity index (χ2n) is 5.26. The van der Waals surface area contributed by atoms with Crippen molar-refractivity contribution >= 4 is 11.9 Å². The van der Waals surface area contributed by atoms with Crippen LogP contribution in [0.15, 0.2) is 6.20 Å². The summed E-state index contributed by atoms with van der Waals surface area (Å²) in [5.41, 5.74) is 1.25. The quantitative estimate of drug-likeness (QED) is 0.649. The molecule has 1 amide bonds. The van der Waals surface area contributed by atoms with Crippen LogP contribution in [0.1, 0.15) is 48.2 Å². The van der Waals surface area contributed by atoms with E-state index in [1.54, 1.807) is 6.92 Å². The summed E-state index contributed by atoms with van der Waals surface area (Å²) in [4.78, 5) is 24.1. The number of hydrogen-bond donors (Lipinski definition) is 2. The van der Waals surface area contributed by atoms with E-state index in [4.69, 9.17) is 4.74 Å². The fourth-order valence-corrected chi connectivity index (χ4v) is 2.74. The summed E-state index contributed by atoms with van der Waals surface area (Å²) in [6, 6.07) is -0.160. The number of nitrogens with one attached hydrogen (secondary N) is 2. The number of H-pyrrole nitrogens is 1. The lowest BCUT2D eigenvalue weighted by Crippen LogP contribution is -2.43. The summed E-state index contributed by atoms with van der Waals surface area (Å²) in [5, 5.41) is 9.56. The molecule has 6 heteroatoms. The summed E-state index contributed by atoms with van der Waals surface area (Å²) >= 11 is 0. The normalized spacial score (nSPS) is 22.9. The molecule has 2 unspecified atom stereocenters. The van der Waals surface area contributed by atoms with Crippen LogP contribution in [0.2, 0.25) is 0 Å². The number of rotatable bonds is 3. The van der Waals surface area contributed by atoms with Gasteiger partial charge in [0.25, 0.3) is 5.91 Å². The molecule has 2 N–H and O–H groups in total. The zero-order chi connectivity index (χ0) is 14.5. The van der Waals surface area contributed by atoms with E-state index in [9.17, 15) is 9.59 Å². The molecule has 1 aliphatic rings. The highest BCUT2D eigenvalue weighted by Gasteiger charge is 2.32. The number of hydrogen-bond acceptors (Lipinski definition) is 4. The van der Waals surface area contributed by atoms with Crippen LogP contribution in [0.4, 0.5) is 0 Å². The van der Waals surface area contributed by atoms with Crippen molar-refractivity contribution in [2.45, 2.75) is 45.1 Å². The third-order valence-corrected chi connectivity index (χ3v) is 3.91. The highest BCUT2D eigenvalue weighted by Crippen LogP contribution is 2.25. The Morgan fingerprint density at radius 1 is 1.35 bits per heavy atom. The first-order valence-electron chi connectivity index (χ1n) is 7.02. The van der Waals surface area contributed by atoms with Gasteiger partial charge in [-0.2, -0.15) is 5.10 Å². The second kappa shape index (κ2) is 6.54. The number of nitrogens with zero attached hydrogens (tertiary/aromatic N) is 1. The van der Waals surface area contributed by atoms with Crippen LogP contribution >= 0.6 is 0 Å². The second-order valence-corrected chi connectivity index (χ2v) is 5.26. The summed E-state index contributed by atoms with van der Waals surface area (Å²) in [5.74, 6) is -0.670. The molecular weight excluding hydrogens is 258 g/mol. The molecule has 1 aliphatic carbocycles. The third kappa shape index (κ3) is 3.18. The van der Waals surface area contributed by atoms with Gasteiger partial charge < -0.3 is 10.1 Å². The minimum absolute atomic E-state index is 0.160. The summed E-state index contributed by atoms with van der Waals surface area (Å²) in [7, 11) is 1.40. The van der Waals surface area contributed by atoms with Crippen molar-refractivity contribution < 1.29 is 14.3 Å². The van der Waals surface area contributed by atoms with Crippen molar-refractivity contribution in [3.05, 3.63) is 17.5 Å². The molecule has 1 aromatic heterocycles. The maximum atomic E-state index is 12.2. The van der Waals surface area contributed by atoms with Gasteiger partial charge in [-0.15, -0.1) is 0 Å². The molecule has 1 fully saturated rings. The number of carbonyl (C=O) groups is 2. The van der Waals surface area contributed by atoms with Crippen molar-refractivity contribution in [2.24, 2.45) is 5.92 Å². The number of aromatic amines is 1. The summed E-state index contributed by atoms with van der Waals surface area (Å²) in [6.07, 6.45) is 6.18. The molecule has 1 heterocycles. The Hall–Kier alpha value is -1.85. The average molecular weight is 279 g/mol. The Labute approximate surface area is 118 Å². The van der Waals surface area contributed by atoms with Gasteiger partial charge in [-0.05, 0) is 19.8 Å². The van der Waals surface area contributed by atoms with Crippen LogP contribution in [0.3, 0.4) is 0 Å². The first-order chi connectivity index (χ1) is 9.63. The van der Waals surface area contributed by atoms with Crippen molar-refractivity contribution in [3.63, 3.8) is 0 Å². The number of aryl methyl sites for hydroxylation is 1. The third-order valence-electron chi connectivity index (χ3n) is 3.91. The van der Waals surface area contributed by atoms with E-state index in [0.29, 0.717) is 5.56 Å². The van der Waals surface area contributed by atoms with E-state index in [2.05, 4.69) is 15.5 Å². The standard InChI is InChI=1S/C14H21N3O3/c1-9-11(8-15-17-9)13(18)16-12-7-5-3-4-6-10(12)14(19)20-2/h8,10,12H,3-7H2,1-2H3,(H,15,17)(H,16,18). The number of ether oxygens (including phenoxy) is 1. The maximum absolute atomic E-state index is 12.2. The smallest absolute Gasteiger partial charge is 0.310 e. The van der Waals surface area contributed by atoms with Gasteiger partial charge in [0.15, 0.2) is 0 Å². The van der Waals surface area contributed by atoms with E-state index < -0.39 is 0 Å². The van der Waals surface area contributed by atoms with Crippen molar-refractivity contribution in [3.8, 4) is 0 Å². The highest BCUT2D eigenvalue weighted by atomic mass is 16.5. The molecule has 1 aromatic rings. The molecule has 0 saturated heterocycles. The van der Waals surface area contributed by atoms with Crippen molar-refractivity contribution in [1.82, 2.24) is 15.5 Å². The lowest BCUT2D eigenvalue weighted by atomic mass is 9.94. The first-order valence-corrected chi connectivity index (χ1v) is 7.02. The van der Waals surface area contributed by atoms with Gasteiger partial charge in [0.1, 0.15) is 0 Å². The van der Waals surface area contributed by atoms with Gasteiger partial charge in [0.05, 0.1) is 24.8 Å². The SMILES string of the molecule is COC(=O)C1CCCCCC1NC(=O)c1cn[nH]c1C. The minimum Gasteiger partial charge on any atom is -0.469 e. The number of methoxy groups -OCH3 is 1. The summed E-state index contributed by atoms with van der Waals surface area (Å²) < 4.78 is 4.86. The molecule has 0 spiro atoms. The predicted molar refractivity (Wildman–Crippen MR) is 73.2 cm³/mol. The monoisotopic (exact) mass is 279 g/mol. The Morgan fingerprint density at radius 2 is 2.10 bits per heavy atom. The fourth-order valence-electron chi connectivity index (χ4n) is 2.74. The molecule has 0 radical (unpaired) electrons. The van der Waals surface area contributed by atoms with E-state index in [-0.39, 0.29) is 23.8 Å². The lowest BCUT2D eigenvalue weighted by Gasteiger charge is -2.24. The molecule has 2 atom stereocenters. The van der Waals surface area contributed by atoms with Crippen LogP contribution in [0.25, 0.3) is 0 Å². The van der Waals surface area contributed by atoms with E-state index in [1.807, 2.05) is 0 Å². The van der Waals surface area contributed by atoms with Gasteiger partial charge in [-0.3, -0.25) is 14.7 Å². The Morgan fingerprint density at radius 3 is 2.75 bits per heavy atom. The van der Waals surface area contributed by atoms with Crippen LogP contribution in [0, 0.1) is 12.8 Å². The van der Waals surface area contributed by atoms with Crippen molar-refractivity contribution in [2.75, 3.05) is 7.11 Å². The van der Waals surface area contributed by atoms with Gasteiger partial charge in [0.2, 0.25) is 0 Å². The van der Waals surface area contributed by atoms with E-state index in [0.717, 1.165) is 37.8 Å². The molecule has 6 nitrogen and oxygen atoms in total. The Bertz CT molecular complexity index is 484. The van der Waals surface area contributed by atoms with E-state index >= 15 is 0 Å². The average Bonchev–Trinajstić information content (AvgIpc) is 2.74. The highest BCUT2D eigenvalue weighted by molar-refractivity contribution is 5.95. The number of esters is 1. The molecular formula is C14H21N3O3.